The zero-order chi connectivity index (χ0) is 26.5. The van der Waals surface area contributed by atoms with E-state index in [1.165, 1.54) is 0 Å². The van der Waals surface area contributed by atoms with Gasteiger partial charge in [0.1, 0.15) is 54.4 Å². The molecule has 2 fully saturated rings. The highest BCUT2D eigenvalue weighted by Crippen LogP contribution is 2.28. The lowest BCUT2D eigenvalue weighted by atomic mass is 9.96. The van der Waals surface area contributed by atoms with E-state index in [2.05, 4.69) is 5.32 Å². The molecule has 16 heteroatoms. The maximum Gasteiger partial charge on any atom is 0.431 e. The smallest absolute Gasteiger partial charge is 0.431 e. The molecule has 204 valence electrons. The SMILES string of the molecule is CC(C)(C)OC(=O)NOCC(=O)NC1OC(CO)C(OC2OC(CO)C(O)C(O)C2O)C(O)C1O. The summed E-state index contributed by atoms with van der Waals surface area (Å²) in [4.78, 5) is 28.3. The third kappa shape index (κ3) is 7.89. The van der Waals surface area contributed by atoms with Gasteiger partial charge in [0.15, 0.2) is 19.1 Å². The van der Waals surface area contributed by atoms with Crippen molar-refractivity contribution >= 4 is 12.0 Å². The van der Waals surface area contributed by atoms with Gasteiger partial charge in [-0.15, -0.1) is 0 Å². The van der Waals surface area contributed by atoms with Crippen LogP contribution in [0.1, 0.15) is 20.8 Å². The topological polar surface area (TPSA) is 246 Å². The van der Waals surface area contributed by atoms with Gasteiger partial charge < -0.3 is 60.0 Å². The molecule has 0 aromatic carbocycles. The number of aliphatic hydroxyl groups excluding tert-OH is 7. The predicted octanol–water partition coefficient (Wildman–Crippen LogP) is -4.82. The second-order valence-corrected chi connectivity index (χ2v) is 9.02. The fourth-order valence-corrected chi connectivity index (χ4v) is 3.37. The molecule has 2 rings (SSSR count). The molecule has 0 spiro atoms. The Morgan fingerprint density at radius 1 is 0.857 bits per heavy atom. The first-order chi connectivity index (χ1) is 16.3. The van der Waals surface area contributed by atoms with E-state index >= 15 is 0 Å². The maximum atomic E-state index is 12.1. The van der Waals surface area contributed by atoms with Gasteiger partial charge >= 0.3 is 6.09 Å². The van der Waals surface area contributed by atoms with Gasteiger partial charge in [0.2, 0.25) is 0 Å². The number of hydroxylamine groups is 1. The summed E-state index contributed by atoms with van der Waals surface area (Å²) in [5.74, 6) is -0.873. The highest BCUT2D eigenvalue weighted by molar-refractivity contribution is 5.77. The standard InChI is InChI=1S/C19H34N2O14/c1-19(2,3)35-18(30)21-31-6-9(24)20-16-13(28)12(27)15(8(5-23)32-16)34-17-14(29)11(26)10(25)7(4-22)33-17/h7-8,10-17,22-23,25-29H,4-6H2,1-3H3,(H,20,24)(H,21,30). The van der Waals surface area contributed by atoms with Crippen molar-refractivity contribution in [1.82, 2.24) is 10.8 Å². The lowest BCUT2D eigenvalue weighted by molar-refractivity contribution is -0.343. The fourth-order valence-electron chi connectivity index (χ4n) is 3.37. The lowest BCUT2D eigenvalue weighted by Gasteiger charge is -2.46. The van der Waals surface area contributed by atoms with Crippen LogP contribution in [0.3, 0.4) is 0 Å². The molecular weight excluding hydrogens is 480 g/mol. The Labute approximate surface area is 200 Å². The summed E-state index contributed by atoms with van der Waals surface area (Å²) in [6.07, 6.45) is -17.1. The molecule has 0 bridgehead atoms. The highest BCUT2D eigenvalue weighted by atomic mass is 16.7. The zero-order valence-corrected chi connectivity index (χ0v) is 19.4. The molecule has 0 aromatic heterocycles. The molecule has 0 aromatic rings. The van der Waals surface area contributed by atoms with Crippen LogP contribution in [0.15, 0.2) is 0 Å². The number of ether oxygens (including phenoxy) is 4. The summed E-state index contributed by atoms with van der Waals surface area (Å²) in [6, 6.07) is 0. The average molecular weight is 514 g/mol. The van der Waals surface area contributed by atoms with Gasteiger partial charge in [0.25, 0.3) is 5.91 Å². The van der Waals surface area contributed by atoms with E-state index in [1.807, 2.05) is 5.48 Å². The first-order valence-corrected chi connectivity index (χ1v) is 10.8. The molecule has 10 atom stereocenters. The number of carbonyl (C=O) groups is 2. The van der Waals surface area contributed by atoms with E-state index < -0.39 is 98.8 Å². The maximum absolute atomic E-state index is 12.1. The quantitative estimate of drug-likeness (QED) is 0.138. The number of hydrogen-bond donors (Lipinski definition) is 9. The average Bonchev–Trinajstić information content (AvgIpc) is 2.77. The molecule has 35 heavy (non-hydrogen) atoms. The van der Waals surface area contributed by atoms with Crippen molar-refractivity contribution in [2.75, 3.05) is 19.8 Å². The summed E-state index contributed by atoms with van der Waals surface area (Å²) >= 11 is 0. The molecule has 10 unspecified atom stereocenters. The van der Waals surface area contributed by atoms with E-state index in [0.29, 0.717) is 0 Å². The van der Waals surface area contributed by atoms with Gasteiger partial charge in [-0.25, -0.2) is 4.79 Å². The third-order valence-corrected chi connectivity index (χ3v) is 5.07. The van der Waals surface area contributed by atoms with Crippen molar-refractivity contribution in [2.45, 2.75) is 87.7 Å². The van der Waals surface area contributed by atoms with Crippen molar-refractivity contribution in [3.05, 3.63) is 0 Å². The van der Waals surface area contributed by atoms with Crippen molar-refractivity contribution in [3.8, 4) is 0 Å². The summed E-state index contributed by atoms with van der Waals surface area (Å²) in [5, 5.41) is 71.9. The van der Waals surface area contributed by atoms with Crippen LogP contribution in [0.4, 0.5) is 4.79 Å². The molecule has 0 radical (unpaired) electrons. The van der Waals surface area contributed by atoms with E-state index in [1.54, 1.807) is 20.8 Å². The monoisotopic (exact) mass is 514 g/mol. The van der Waals surface area contributed by atoms with Gasteiger partial charge in [0, 0.05) is 0 Å². The summed E-state index contributed by atoms with van der Waals surface area (Å²) < 4.78 is 20.9. The number of amides is 2. The number of carbonyl (C=O) groups excluding carboxylic acids is 2. The van der Waals surface area contributed by atoms with Crippen molar-refractivity contribution in [2.24, 2.45) is 0 Å². The van der Waals surface area contributed by atoms with Crippen molar-refractivity contribution in [1.29, 1.82) is 0 Å². The molecule has 2 aliphatic rings. The Morgan fingerprint density at radius 2 is 1.49 bits per heavy atom. The van der Waals surface area contributed by atoms with E-state index in [0.717, 1.165) is 0 Å². The Hall–Kier alpha value is -1.70. The molecule has 2 heterocycles. The minimum Gasteiger partial charge on any atom is -0.442 e. The number of rotatable bonds is 8. The lowest BCUT2D eigenvalue weighted by Crippen LogP contribution is -2.66. The normalized spacial score (nSPS) is 38.0. The van der Waals surface area contributed by atoms with Crippen LogP contribution in [0.5, 0.6) is 0 Å². The van der Waals surface area contributed by atoms with Crippen LogP contribution in [0.25, 0.3) is 0 Å². The molecule has 2 amide bonds. The van der Waals surface area contributed by atoms with Crippen LogP contribution in [0, 0.1) is 0 Å². The highest BCUT2D eigenvalue weighted by Gasteiger charge is 2.50. The summed E-state index contributed by atoms with van der Waals surface area (Å²) in [7, 11) is 0. The Balaban J connectivity index is 1.93. The van der Waals surface area contributed by atoms with Crippen LogP contribution in [-0.2, 0) is 28.6 Å². The number of aliphatic hydroxyl groups is 7. The number of nitrogens with one attached hydrogen (secondary N) is 2. The largest absolute Gasteiger partial charge is 0.442 e. The van der Waals surface area contributed by atoms with E-state index in [-0.39, 0.29) is 0 Å². The van der Waals surface area contributed by atoms with Gasteiger partial charge in [-0.1, -0.05) is 0 Å². The molecule has 16 nitrogen and oxygen atoms in total. The zero-order valence-electron chi connectivity index (χ0n) is 19.4. The van der Waals surface area contributed by atoms with Gasteiger partial charge in [-0.05, 0) is 20.8 Å². The summed E-state index contributed by atoms with van der Waals surface area (Å²) in [6.45, 7) is 2.67. The second kappa shape index (κ2) is 12.5. The Bertz CT molecular complexity index is 702. The third-order valence-electron chi connectivity index (χ3n) is 5.07. The van der Waals surface area contributed by atoms with Crippen molar-refractivity contribution in [3.63, 3.8) is 0 Å². The van der Waals surface area contributed by atoms with Crippen LogP contribution < -0.4 is 10.8 Å². The first-order valence-electron chi connectivity index (χ1n) is 10.8. The fraction of sp³-hybridized carbons (Fsp3) is 0.895. The molecular formula is C19H34N2O14. The molecule has 9 N–H and O–H groups in total. The number of hydrogen-bond acceptors (Lipinski definition) is 14. The van der Waals surface area contributed by atoms with E-state index in [9.17, 15) is 45.3 Å². The van der Waals surface area contributed by atoms with Crippen LogP contribution >= 0.6 is 0 Å². The predicted molar refractivity (Wildman–Crippen MR) is 110 cm³/mol. The van der Waals surface area contributed by atoms with Gasteiger partial charge in [0.05, 0.1) is 13.2 Å². The van der Waals surface area contributed by atoms with Crippen LogP contribution in [-0.4, -0.2) is 135 Å². The molecule has 0 aliphatic carbocycles. The Kier molecular flexibility index (Phi) is 10.6. The second-order valence-electron chi connectivity index (χ2n) is 9.02. The van der Waals surface area contributed by atoms with Gasteiger partial charge in [-0.2, -0.15) is 5.48 Å². The van der Waals surface area contributed by atoms with Crippen LogP contribution in [0.2, 0.25) is 0 Å². The minimum absolute atomic E-state index is 0.712. The first kappa shape index (κ1) is 29.5. The Morgan fingerprint density at radius 3 is 2.06 bits per heavy atom. The minimum atomic E-state index is -1.80. The molecule has 2 saturated heterocycles. The van der Waals surface area contributed by atoms with Gasteiger partial charge in [-0.3, -0.25) is 9.63 Å². The molecule has 0 saturated carbocycles. The summed E-state index contributed by atoms with van der Waals surface area (Å²) in [5.41, 5.74) is 1.10. The van der Waals surface area contributed by atoms with E-state index in [4.69, 9.17) is 23.8 Å². The molecule has 2 aliphatic heterocycles. The van der Waals surface area contributed by atoms with Crippen molar-refractivity contribution < 1.29 is 69.1 Å².